The molecule has 1 heterocycles. The van der Waals surface area contributed by atoms with E-state index in [9.17, 15) is 28.8 Å². The number of likely N-dealkylation sites (N-methyl/N-ethyl adjacent to an activating group) is 1. The van der Waals surface area contributed by atoms with Gasteiger partial charge in [0.1, 0.15) is 12.1 Å². The third kappa shape index (κ3) is 12.1. The molecular weight excluding hydrogens is 915 g/mol. The topological polar surface area (TPSA) is 154 Å². The van der Waals surface area contributed by atoms with Gasteiger partial charge in [-0.1, -0.05) is 196 Å². The van der Waals surface area contributed by atoms with E-state index in [-0.39, 0.29) is 23.8 Å². The van der Waals surface area contributed by atoms with Crippen LogP contribution in [-0.4, -0.2) is 90.5 Å². The van der Waals surface area contributed by atoms with Gasteiger partial charge in [-0.2, -0.15) is 0 Å². The van der Waals surface area contributed by atoms with Crippen LogP contribution in [0.2, 0.25) is 0 Å². The molecule has 0 unspecified atom stereocenters. The molecule has 4 N–H and O–H groups in total. The fourth-order valence-electron chi connectivity index (χ4n) is 8.86. The summed E-state index contributed by atoms with van der Waals surface area (Å²) < 4.78 is -1.67. The number of carbonyl (C=O) groups excluding carboxylic acids is 6. The number of rotatable bonds is 13. The van der Waals surface area contributed by atoms with Crippen molar-refractivity contribution in [1.29, 1.82) is 0 Å². The summed E-state index contributed by atoms with van der Waals surface area (Å²) in [5.74, 6) is -4.44. The van der Waals surface area contributed by atoms with Gasteiger partial charge >= 0.3 is 0 Å². The minimum Gasteiger partial charge on any atom is -0.347 e. The highest BCUT2D eigenvalue weighted by atomic mass is 32.2. The number of carbonyl (C=O) groups is 6. The molecule has 1 aliphatic rings. The van der Waals surface area contributed by atoms with Gasteiger partial charge < -0.3 is 26.2 Å². The fourth-order valence-corrected chi connectivity index (χ4v) is 12.0. The standard InChI is InChI=1S/C57H59N5O6S2/c1-40(2)52-55(68)62(3)37-51(65)60-49(39-70-57(45-28-16-7-17-29-45,46-30-18-8-19-31-46)47-32-20-9-21-33-47)54(67)58-35-48(63)34-41(53(66)59-36-50(64)61-52)38-69-56(42-22-10-4-11-23-42,43-24-12-5-13-25-43)44-26-14-6-15-27-44/h4-33,40-41,49,52H,34-39H2,1-3H3,(H,58,67)(H,59,66)(H,60,65)(H,61,64)/t41-,49-,52-/m0/s1. The molecule has 1 fully saturated rings. The third-order valence-electron chi connectivity index (χ3n) is 12.4. The molecule has 0 aliphatic carbocycles. The predicted octanol–water partition coefficient (Wildman–Crippen LogP) is 7.34. The maximum Gasteiger partial charge on any atom is 0.245 e. The van der Waals surface area contributed by atoms with E-state index in [0.717, 1.165) is 33.4 Å². The summed E-state index contributed by atoms with van der Waals surface area (Å²) in [6.07, 6.45) is -0.266. The summed E-state index contributed by atoms with van der Waals surface area (Å²) in [6.45, 7) is 2.24. The van der Waals surface area contributed by atoms with Crippen molar-refractivity contribution in [3.8, 4) is 0 Å². The lowest BCUT2D eigenvalue weighted by Crippen LogP contribution is -2.56. The average molecular weight is 974 g/mol. The number of hydrogen-bond acceptors (Lipinski definition) is 8. The second-order valence-electron chi connectivity index (χ2n) is 17.7. The second kappa shape index (κ2) is 24.0. The summed E-state index contributed by atoms with van der Waals surface area (Å²) >= 11 is 2.97. The summed E-state index contributed by atoms with van der Waals surface area (Å²) in [6, 6.07) is 57.5. The van der Waals surface area contributed by atoms with Gasteiger partial charge in [0, 0.05) is 25.0 Å². The lowest BCUT2D eigenvalue weighted by atomic mass is 9.84. The van der Waals surface area contributed by atoms with E-state index in [4.69, 9.17) is 0 Å². The smallest absolute Gasteiger partial charge is 0.245 e. The zero-order valence-corrected chi connectivity index (χ0v) is 41.2. The minimum atomic E-state index is -1.18. The first-order valence-electron chi connectivity index (χ1n) is 23.4. The zero-order chi connectivity index (χ0) is 49.5. The van der Waals surface area contributed by atoms with E-state index in [0.29, 0.717) is 0 Å². The van der Waals surface area contributed by atoms with E-state index in [1.807, 2.05) is 182 Å². The molecule has 13 heteroatoms. The summed E-state index contributed by atoms with van der Waals surface area (Å²) in [7, 11) is 1.46. The van der Waals surface area contributed by atoms with E-state index in [2.05, 4.69) is 21.3 Å². The molecule has 7 rings (SSSR count). The van der Waals surface area contributed by atoms with Crippen molar-refractivity contribution in [2.45, 2.75) is 41.8 Å². The highest BCUT2D eigenvalue weighted by molar-refractivity contribution is 8.01. The Morgan fingerprint density at radius 3 is 1.26 bits per heavy atom. The van der Waals surface area contributed by atoms with Crippen LogP contribution in [-0.2, 0) is 38.3 Å². The first kappa shape index (κ1) is 50.9. The van der Waals surface area contributed by atoms with E-state index < -0.39 is 82.4 Å². The van der Waals surface area contributed by atoms with Gasteiger partial charge in [-0.25, -0.2) is 0 Å². The Bertz CT molecular complexity index is 2500. The molecule has 0 aromatic heterocycles. The first-order valence-corrected chi connectivity index (χ1v) is 25.4. The van der Waals surface area contributed by atoms with Gasteiger partial charge in [0.15, 0.2) is 5.78 Å². The molecule has 5 amide bonds. The van der Waals surface area contributed by atoms with Crippen molar-refractivity contribution in [2.75, 3.05) is 38.2 Å². The monoisotopic (exact) mass is 973 g/mol. The van der Waals surface area contributed by atoms with Crippen LogP contribution in [0.1, 0.15) is 53.6 Å². The third-order valence-corrected chi connectivity index (χ3v) is 15.8. The number of Topliss-reactive ketones (excluding diaryl/α,β-unsaturated/α-hetero) is 1. The molecule has 360 valence electrons. The number of ketones is 1. The molecule has 0 spiro atoms. The van der Waals surface area contributed by atoms with Gasteiger partial charge in [0.25, 0.3) is 0 Å². The van der Waals surface area contributed by atoms with Crippen LogP contribution in [0, 0.1) is 11.8 Å². The van der Waals surface area contributed by atoms with Crippen LogP contribution in [0.3, 0.4) is 0 Å². The van der Waals surface area contributed by atoms with Crippen LogP contribution >= 0.6 is 23.5 Å². The van der Waals surface area contributed by atoms with Gasteiger partial charge in [0.05, 0.1) is 35.0 Å². The molecule has 0 saturated carbocycles. The predicted molar refractivity (Wildman–Crippen MR) is 279 cm³/mol. The van der Waals surface area contributed by atoms with Crippen molar-refractivity contribution in [3.05, 3.63) is 215 Å². The van der Waals surface area contributed by atoms with Crippen LogP contribution in [0.25, 0.3) is 0 Å². The second-order valence-corrected chi connectivity index (χ2v) is 20.1. The number of nitrogens with one attached hydrogen (secondary N) is 4. The van der Waals surface area contributed by atoms with Gasteiger partial charge in [-0.3, -0.25) is 28.8 Å². The molecule has 6 aromatic carbocycles. The molecule has 0 bridgehead atoms. The zero-order valence-electron chi connectivity index (χ0n) is 39.6. The van der Waals surface area contributed by atoms with Crippen LogP contribution < -0.4 is 21.3 Å². The lowest BCUT2D eigenvalue weighted by Gasteiger charge is -2.36. The summed E-state index contributed by atoms with van der Waals surface area (Å²) in [4.78, 5) is 85.8. The number of hydrogen-bond donors (Lipinski definition) is 4. The van der Waals surface area contributed by atoms with Gasteiger partial charge in [-0.05, 0) is 39.3 Å². The van der Waals surface area contributed by atoms with E-state index in [1.54, 1.807) is 13.8 Å². The Balaban J connectivity index is 1.23. The Kier molecular flexibility index (Phi) is 17.5. The molecule has 3 atom stereocenters. The highest BCUT2D eigenvalue weighted by Crippen LogP contribution is 2.50. The maximum absolute atomic E-state index is 14.5. The maximum atomic E-state index is 14.5. The molecule has 11 nitrogen and oxygen atoms in total. The van der Waals surface area contributed by atoms with Crippen LogP contribution in [0.5, 0.6) is 0 Å². The normalized spacial score (nSPS) is 18.2. The quantitative estimate of drug-likeness (QED) is 0.0878. The molecule has 0 radical (unpaired) electrons. The van der Waals surface area contributed by atoms with Crippen molar-refractivity contribution in [2.24, 2.45) is 11.8 Å². The van der Waals surface area contributed by atoms with Crippen LogP contribution in [0.15, 0.2) is 182 Å². The number of thioether (sulfide) groups is 2. The minimum absolute atomic E-state index is 0.0506. The SMILES string of the molecule is CC(C)[C@@H]1NC(=O)CNC(=O)[C@H](CSC(c2ccccc2)(c2ccccc2)c2ccccc2)CC(=O)CNC(=O)[C@H](CSC(c2ccccc2)(c2ccccc2)c2ccccc2)NC(=O)CN(C)C1=O. The van der Waals surface area contributed by atoms with Crippen molar-refractivity contribution in [3.63, 3.8) is 0 Å². The first-order chi connectivity index (χ1) is 33.9. The van der Waals surface area contributed by atoms with Gasteiger partial charge in [-0.15, -0.1) is 23.5 Å². The molecular formula is C57H59N5O6S2. The molecule has 1 aliphatic heterocycles. The fraction of sp³-hybridized carbons (Fsp3) is 0.263. The number of nitrogens with zero attached hydrogens (tertiary/aromatic N) is 1. The number of benzene rings is 6. The summed E-state index contributed by atoms with van der Waals surface area (Å²) in [5.41, 5.74) is 5.74. The van der Waals surface area contributed by atoms with E-state index >= 15 is 0 Å². The van der Waals surface area contributed by atoms with Gasteiger partial charge in [0.2, 0.25) is 29.5 Å². The number of amides is 5. The highest BCUT2D eigenvalue weighted by Gasteiger charge is 2.41. The van der Waals surface area contributed by atoms with Crippen molar-refractivity contribution < 1.29 is 28.8 Å². The largest absolute Gasteiger partial charge is 0.347 e. The van der Waals surface area contributed by atoms with Crippen molar-refractivity contribution in [1.82, 2.24) is 26.2 Å². The molecule has 6 aromatic rings. The Morgan fingerprint density at radius 1 is 0.500 bits per heavy atom. The van der Waals surface area contributed by atoms with Crippen molar-refractivity contribution >= 4 is 58.8 Å². The average Bonchev–Trinajstić information content (AvgIpc) is 3.39. The Morgan fingerprint density at radius 2 is 0.871 bits per heavy atom. The molecule has 1 saturated heterocycles. The Labute approximate surface area is 419 Å². The Hall–Kier alpha value is -6.96. The lowest BCUT2D eigenvalue weighted by molar-refractivity contribution is -0.140. The summed E-state index contributed by atoms with van der Waals surface area (Å²) in [5, 5.41) is 11.2. The van der Waals surface area contributed by atoms with E-state index in [1.165, 1.54) is 35.5 Å². The van der Waals surface area contributed by atoms with Crippen LogP contribution in [0.4, 0.5) is 0 Å². The molecule has 70 heavy (non-hydrogen) atoms.